The number of rotatable bonds is 1. The summed E-state index contributed by atoms with van der Waals surface area (Å²) in [6, 6.07) is 5.91. The van der Waals surface area contributed by atoms with Crippen molar-refractivity contribution in [2.24, 2.45) is 0 Å². The molecule has 0 bridgehead atoms. The Kier molecular flexibility index (Phi) is 4.26. The molecule has 0 aliphatic carbocycles. The number of hydrogen-bond acceptors (Lipinski definition) is 3. The maximum atomic E-state index is 5.16. The lowest BCUT2D eigenvalue weighted by atomic mass is 10.2. The summed E-state index contributed by atoms with van der Waals surface area (Å²) in [6.07, 6.45) is 0. The monoisotopic (exact) mass is 196 g/mol. The van der Waals surface area contributed by atoms with Crippen LogP contribution in [0.25, 0.3) is 0 Å². The normalized spacial score (nSPS) is 11.9. The van der Waals surface area contributed by atoms with Crippen LogP contribution in [-0.4, -0.2) is 20.5 Å². The fourth-order valence-corrected chi connectivity index (χ4v) is 1.00. The van der Waals surface area contributed by atoms with Gasteiger partial charge in [0.1, 0.15) is 0 Å². The molecule has 0 N–H and O–H groups in total. The Morgan fingerprint density at radius 2 is 1.93 bits per heavy atom. The van der Waals surface area contributed by atoms with Gasteiger partial charge in [0.25, 0.3) is 0 Å². The summed E-state index contributed by atoms with van der Waals surface area (Å²) >= 11 is 0. The topological polar surface area (TPSA) is 27.7 Å². The van der Waals surface area contributed by atoms with Crippen molar-refractivity contribution < 1.29 is 14.2 Å². The average molecular weight is 196 g/mol. The second-order valence-electron chi connectivity index (χ2n) is 2.93. The summed E-state index contributed by atoms with van der Waals surface area (Å²) in [5.74, 6) is 1.71. The summed E-state index contributed by atoms with van der Waals surface area (Å²) in [6.45, 7) is 5.17. The first kappa shape index (κ1) is 10.9. The Balaban J connectivity index is 0.000000213. The van der Waals surface area contributed by atoms with Crippen molar-refractivity contribution in [3.05, 3.63) is 23.8 Å². The molecule has 0 unspecified atom stereocenters. The van der Waals surface area contributed by atoms with Gasteiger partial charge in [-0.3, -0.25) is 0 Å². The molecule has 3 nitrogen and oxygen atoms in total. The van der Waals surface area contributed by atoms with E-state index in [1.165, 1.54) is 5.56 Å². The lowest BCUT2D eigenvalue weighted by molar-refractivity contribution is 0.174. The number of hydrogen-bond donors (Lipinski definition) is 0. The fraction of sp³-hybridized carbons (Fsp3) is 0.455. The third kappa shape index (κ3) is 2.92. The van der Waals surface area contributed by atoms with Crippen molar-refractivity contribution in [3.8, 4) is 11.5 Å². The van der Waals surface area contributed by atoms with Gasteiger partial charge in [-0.1, -0.05) is 6.07 Å². The second-order valence-corrected chi connectivity index (χ2v) is 2.93. The van der Waals surface area contributed by atoms with Crippen molar-refractivity contribution >= 4 is 0 Å². The molecule has 0 saturated heterocycles. The zero-order chi connectivity index (χ0) is 10.4. The predicted octanol–water partition coefficient (Wildman–Crippen LogP) is 2.38. The van der Waals surface area contributed by atoms with Gasteiger partial charge in [-0.15, -0.1) is 0 Å². The molecule has 1 aliphatic heterocycles. The van der Waals surface area contributed by atoms with E-state index < -0.39 is 0 Å². The van der Waals surface area contributed by atoms with Gasteiger partial charge in [0, 0.05) is 13.7 Å². The van der Waals surface area contributed by atoms with Gasteiger partial charge in [-0.25, -0.2) is 0 Å². The number of benzene rings is 1. The lowest BCUT2D eigenvalue weighted by Gasteiger charge is -1.94. The second kappa shape index (κ2) is 5.50. The highest BCUT2D eigenvalue weighted by Crippen LogP contribution is 2.31. The molecule has 0 radical (unpaired) electrons. The quantitative estimate of drug-likeness (QED) is 0.690. The van der Waals surface area contributed by atoms with Gasteiger partial charge in [0.2, 0.25) is 6.79 Å². The van der Waals surface area contributed by atoms with Gasteiger partial charge in [-0.2, -0.15) is 0 Å². The predicted molar refractivity (Wildman–Crippen MR) is 54.9 cm³/mol. The first-order valence-corrected chi connectivity index (χ1v) is 4.63. The highest BCUT2D eigenvalue weighted by Gasteiger charge is 2.11. The zero-order valence-electron chi connectivity index (χ0n) is 8.87. The molecule has 1 aliphatic rings. The molecule has 1 heterocycles. The Morgan fingerprint density at radius 1 is 1.29 bits per heavy atom. The van der Waals surface area contributed by atoms with Crippen LogP contribution in [0.5, 0.6) is 11.5 Å². The summed E-state index contributed by atoms with van der Waals surface area (Å²) in [5.41, 5.74) is 1.20. The molecular weight excluding hydrogens is 180 g/mol. The molecule has 3 heteroatoms. The van der Waals surface area contributed by atoms with E-state index in [9.17, 15) is 0 Å². The Labute approximate surface area is 84.6 Å². The molecule has 1 aromatic carbocycles. The van der Waals surface area contributed by atoms with Gasteiger partial charge in [-0.05, 0) is 31.5 Å². The van der Waals surface area contributed by atoms with Gasteiger partial charge in [0.05, 0.1) is 0 Å². The Hall–Kier alpha value is -1.22. The summed E-state index contributed by atoms with van der Waals surface area (Å²) in [7, 11) is 1.68. The van der Waals surface area contributed by atoms with Crippen LogP contribution >= 0.6 is 0 Å². The van der Waals surface area contributed by atoms with Crippen molar-refractivity contribution in [2.75, 3.05) is 20.5 Å². The number of aryl methyl sites for hydroxylation is 1. The zero-order valence-corrected chi connectivity index (χ0v) is 8.87. The SMILES string of the molecule is CCOC.Cc1ccc2c(c1)OCO2. The molecule has 2 rings (SSSR count). The van der Waals surface area contributed by atoms with Crippen LogP contribution in [-0.2, 0) is 4.74 Å². The molecule has 0 spiro atoms. The van der Waals surface area contributed by atoms with E-state index >= 15 is 0 Å². The summed E-state index contributed by atoms with van der Waals surface area (Å²) < 4.78 is 14.8. The van der Waals surface area contributed by atoms with E-state index in [1.807, 2.05) is 32.0 Å². The minimum atomic E-state index is 0.360. The molecule has 0 fully saturated rings. The summed E-state index contributed by atoms with van der Waals surface area (Å²) in [4.78, 5) is 0. The Morgan fingerprint density at radius 3 is 2.57 bits per heavy atom. The van der Waals surface area contributed by atoms with Crippen molar-refractivity contribution in [2.45, 2.75) is 13.8 Å². The molecular formula is C11H16O3. The number of methoxy groups -OCH3 is 1. The standard InChI is InChI=1S/C8H8O2.C3H8O/c1-6-2-3-7-8(4-6)10-5-9-7;1-3-4-2/h2-4H,5H2,1H3;3H2,1-2H3. The van der Waals surface area contributed by atoms with Crippen LogP contribution in [0.4, 0.5) is 0 Å². The maximum Gasteiger partial charge on any atom is 0.231 e. The van der Waals surface area contributed by atoms with Crippen molar-refractivity contribution in [3.63, 3.8) is 0 Å². The summed E-state index contributed by atoms with van der Waals surface area (Å²) in [5, 5.41) is 0. The van der Waals surface area contributed by atoms with Crippen LogP contribution in [0.1, 0.15) is 12.5 Å². The first-order chi connectivity index (χ1) is 6.77. The highest BCUT2D eigenvalue weighted by atomic mass is 16.7. The van der Waals surface area contributed by atoms with E-state index in [4.69, 9.17) is 9.47 Å². The van der Waals surface area contributed by atoms with Crippen LogP contribution in [0.2, 0.25) is 0 Å². The van der Waals surface area contributed by atoms with Gasteiger partial charge < -0.3 is 14.2 Å². The lowest BCUT2D eigenvalue weighted by Crippen LogP contribution is -1.92. The molecule has 78 valence electrons. The average Bonchev–Trinajstić information content (AvgIpc) is 2.65. The van der Waals surface area contributed by atoms with Crippen LogP contribution in [0.3, 0.4) is 0 Å². The van der Waals surface area contributed by atoms with Gasteiger partial charge in [0.15, 0.2) is 11.5 Å². The van der Waals surface area contributed by atoms with Crippen LogP contribution in [0.15, 0.2) is 18.2 Å². The molecule has 1 aromatic rings. The minimum absolute atomic E-state index is 0.360. The largest absolute Gasteiger partial charge is 0.454 e. The Bertz CT molecular complexity index is 282. The molecule has 0 saturated carbocycles. The number of ether oxygens (including phenoxy) is 3. The minimum Gasteiger partial charge on any atom is -0.454 e. The van der Waals surface area contributed by atoms with Gasteiger partial charge >= 0.3 is 0 Å². The van der Waals surface area contributed by atoms with E-state index in [0.717, 1.165) is 18.1 Å². The van der Waals surface area contributed by atoms with E-state index in [2.05, 4.69) is 4.74 Å². The molecule has 0 atom stereocenters. The number of fused-ring (bicyclic) bond motifs is 1. The fourth-order valence-electron chi connectivity index (χ4n) is 1.00. The highest BCUT2D eigenvalue weighted by molar-refractivity contribution is 5.43. The molecule has 0 amide bonds. The third-order valence-corrected chi connectivity index (χ3v) is 1.82. The molecule has 0 aromatic heterocycles. The van der Waals surface area contributed by atoms with E-state index in [1.54, 1.807) is 7.11 Å². The maximum absolute atomic E-state index is 5.16. The smallest absolute Gasteiger partial charge is 0.231 e. The third-order valence-electron chi connectivity index (χ3n) is 1.82. The van der Waals surface area contributed by atoms with Crippen LogP contribution < -0.4 is 9.47 Å². The van der Waals surface area contributed by atoms with Crippen LogP contribution in [0, 0.1) is 6.92 Å². The molecule has 14 heavy (non-hydrogen) atoms. The van der Waals surface area contributed by atoms with Crippen molar-refractivity contribution in [1.82, 2.24) is 0 Å². The first-order valence-electron chi connectivity index (χ1n) is 4.63. The van der Waals surface area contributed by atoms with E-state index in [-0.39, 0.29) is 0 Å². The van der Waals surface area contributed by atoms with E-state index in [0.29, 0.717) is 6.79 Å². The van der Waals surface area contributed by atoms with Crippen molar-refractivity contribution in [1.29, 1.82) is 0 Å².